The van der Waals surface area contributed by atoms with Crippen LogP contribution >= 0.6 is 0 Å². The first kappa shape index (κ1) is 20.3. The third-order valence-corrected chi connectivity index (χ3v) is 5.51. The summed E-state index contributed by atoms with van der Waals surface area (Å²) in [5, 5.41) is 7.40. The predicted molar refractivity (Wildman–Crippen MR) is 112 cm³/mol. The van der Waals surface area contributed by atoms with Crippen molar-refractivity contribution < 1.29 is 19.1 Å². The van der Waals surface area contributed by atoms with Crippen LogP contribution in [0.3, 0.4) is 0 Å². The fourth-order valence-electron chi connectivity index (χ4n) is 3.92. The molecular formula is C22H28N4O4. The van der Waals surface area contributed by atoms with Crippen LogP contribution in [-0.2, 0) is 11.8 Å². The number of ether oxygens (including phenoxy) is 2. The second-order valence-electron chi connectivity index (χ2n) is 9.03. The zero-order chi connectivity index (χ0) is 21.5. The van der Waals surface area contributed by atoms with Gasteiger partial charge in [0, 0.05) is 44.7 Å². The van der Waals surface area contributed by atoms with Crippen LogP contribution in [0.1, 0.15) is 50.4 Å². The normalized spacial score (nSPS) is 18.0. The van der Waals surface area contributed by atoms with Crippen molar-refractivity contribution in [1.29, 1.82) is 0 Å². The molecular weight excluding hydrogens is 384 g/mol. The van der Waals surface area contributed by atoms with Gasteiger partial charge >= 0.3 is 6.09 Å². The Labute approximate surface area is 176 Å². The van der Waals surface area contributed by atoms with Crippen molar-refractivity contribution in [3.63, 3.8) is 0 Å². The van der Waals surface area contributed by atoms with Gasteiger partial charge in [0.25, 0.3) is 0 Å². The van der Waals surface area contributed by atoms with Crippen molar-refractivity contribution in [3.8, 4) is 5.75 Å². The van der Waals surface area contributed by atoms with Gasteiger partial charge in [-0.15, -0.1) is 0 Å². The van der Waals surface area contributed by atoms with Gasteiger partial charge in [0.2, 0.25) is 0 Å². The van der Waals surface area contributed by atoms with Gasteiger partial charge in [-0.05, 0) is 39.0 Å². The summed E-state index contributed by atoms with van der Waals surface area (Å²) >= 11 is 0. The number of aromatic nitrogens is 2. The molecule has 0 bridgehead atoms. The second-order valence-corrected chi connectivity index (χ2v) is 9.03. The van der Waals surface area contributed by atoms with E-state index in [2.05, 4.69) is 10.4 Å². The average molecular weight is 412 g/mol. The maximum Gasteiger partial charge on any atom is 0.410 e. The van der Waals surface area contributed by atoms with Gasteiger partial charge in [0.15, 0.2) is 5.78 Å². The number of amides is 1. The molecule has 4 rings (SSSR count). The van der Waals surface area contributed by atoms with E-state index >= 15 is 0 Å². The van der Waals surface area contributed by atoms with Gasteiger partial charge in [0.1, 0.15) is 22.8 Å². The molecule has 2 aromatic rings. The largest absolute Gasteiger partial charge is 0.486 e. The Morgan fingerprint density at radius 2 is 1.97 bits per heavy atom. The van der Waals surface area contributed by atoms with Crippen molar-refractivity contribution in [2.75, 3.05) is 18.4 Å². The summed E-state index contributed by atoms with van der Waals surface area (Å²) in [4.78, 5) is 27.0. The lowest BCUT2D eigenvalue weighted by atomic mass is 9.82. The number of benzene rings is 1. The van der Waals surface area contributed by atoms with E-state index < -0.39 is 11.2 Å². The molecule has 0 radical (unpaired) electrons. The molecule has 2 aliphatic rings. The molecule has 1 fully saturated rings. The van der Waals surface area contributed by atoms with Crippen LogP contribution in [-0.4, -0.2) is 50.8 Å². The highest BCUT2D eigenvalue weighted by Crippen LogP contribution is 2.40. The minimum Gasteiger partial charge on any atom is -0.486 e. The van der Waals surface area contributed by atoms with E-state index in [1.807, 2.05) is 52.1 Å². The van der Waals surface area contributed by atoms with Gasteiger partial charge in [-0.2, -0.15) is 5.10 Å². The second kappa shape index (κ2) is 7.34. The summed E-state index contributed by atoms with van der Waals surface area (Å²) in [7, 11) is 1.85. The Kier molecular flexibility index (Phi) is 4.95. The Morgan fingerprint density at radius 3 is 2.60 bits per heavy atom. The average Bonchev–Trinajstić information content (AvgIpc) is 3.06. The quantitative estimate of drug-likeness (QED) is 0.805. The maximum absolute atomic E-state index is 13.0. The fourth-order valence-corrected chi connectivity index (χ4v) is 3.92. The third kappa shape index (κ3) is 4.13. The van der Waals surface area contributed by atoms with Crippen LogP contribution in [0.2, 0.25) is 0 Å². The standard InChI is InChI=1S/C22H28N4O4/c1-21(2,3)30-20(28)26-11-8-22(9-12-26)14-17(27)16-13-15(5-6-18(16)29-22)24-19-7-10-23-25(19)4/h5-7,10,13,24H,8-9,11-12,14H2,1-4H3. The highest BCUT2D eigenvalue weighted by molar-refractivity contribution is 6.01. The number of hydrogen-bond donors (Lipinski definition) is 1. The third-order valence-electron chi connectivity index (χ3n) is 5.51. The SMILES string of the molecule is Cn1nccc1Nc1ccc2c(c1)C(=O)CC1(CCN(C(=O)OC(C)(C)C)CC1)O2. The van der Waals surface area contributed by atoms with Crippen LogP contribution in [0, 0.1) is 0 Å². The molecule has 160 valence electrons. The molecule has 1 N–H and O–H groups in total. The number of anilines is 2. The van der Waals surface area contributed by atoms with Crippen molar-refractivity contribution in [2.45, 2.75) is 51.2 Å². The summed E-state index contributed by atoms with van der Waals surface area (Å²) in [6.45, 7) is 6.59. The number of carbonyl (C=O) groups excluding carboxylic acids is 2. The van der Waals surface area contributed by atoms with Crippen molar-refractivity contribution >= 4 is 23.4 Å². The number of Topliss-reactive ketones (excluding diaryl/α,β-unsaturated/α-hetero) is 1. The molecule has 30 heavy (non-hydrogen) atoms. The lowest BCUT2D eigenvalue weighted by Crippen LogP contribution is -2.52. The number of nitrogens with zero attached hydrogens (tertiary/aromatic N) is 3. The smallest absolute Gasteiger partial charge is 0.410 e. The number of aryl methyl sites for hydroxylation is 1. The number of nitrogens with one attached hydrogen (secondary N) is 1. The Morgan fingerprint density at radius 1 is 1.23 bits per heavy atom. The highest BCUT2D eigenvalue weighted by atomic mass is 16.6. The fraction of sp³-hybridized carbons (Fsp3) is 0.500. The number of fused-ring (bicyclic) bond motifs is 1. The van der Waals surface area contributed by atoms with Gasteiger partial charge in [-0.3, -0.25) is 9.48 Å². The van der Waals surface area contributed by atoms with E-state index in [9.17, 15) is 9.59 Å². The number of hydrogen-bond acceptors (Lipinski definition) is 6. The molecule has 1 amide bonds. The Balaban J connectivity index is 1.45. The van der Waals surface area contributed by atoms with Gasteiger partial charge in [-0.1, -0.05) is 0 Å². The van der Waals surface area contributed by atoms with E-state index in [1.54, 1.807) is 15.8 Å². The van der Waals surface area contributed by atoms with Crippen molar-refractivity contribution in [2.24, 2.45) is 7.05 Å². The van der Waals surface area contributed by atoms with E-state index in [-0.39, 0.29) is 11.9 Å². The molecule has 0 atom stereocenters. The minimum absolute atomic E-state index is 0.0654. The van der Waals surface area contributed by atoms with Crippen LogP contribution < -0.4 is 10.1 Å². The predicted octanol–water partition coefficient (Wildman–Crippen LogP) is 3.90. The molecule has 2 aliphatic heterocycles. The first-order valence-electron chi connectivity index (χ1n) is 10.2. The molecule has 0 saturated carbocycles. The highest BCUT2D eigenvalue weighted by Gasteiger charge is 2.44. The number of carbonyl (C=O) groups is 2. The maximum atomic E-state index is 13.0. The number of piperidine rings is 1. The topological polar surface area (TPSA) is 85.7 Å². The number of likely N-dealkylation sites (tertiary alicyclic amines) is 1. The van der Waals surface area contributed by atoms with Crippen molar-refractivity contribution in [1.82, 2.24) is 14.7 Å². The Bertz CT molecular complexity index is 968. The van der Waals surface area contributed by atoms with Crippen LogP contribution in [0.4, 0.5) is 16.3 Å². The molecule has 0 unspecified atom stereocenters. The summed E-state index contributed by atoms with van der Waals surface area (Å²) in [6, 6.07) is 7.43. The Hall–Kier alpha value is -3.03. The molecule has 8 heteroatoms. The lowest BCUT2D eigenvalue weighted by molar-refractivity contribution is -0.0226. The van der Waals surface area contributed by atoms with E-state index in [4.69, 9.17) is 9.47 Å². The molecule has 3 heterocycles. The van der Waals surface area contributed by atoms with E-state index in [0.29, 0.717) is 43.7 Å². The first-order valence-corrected chi connectivity index (χ1v) is 10.2. The summed E-state index contributed by atoms with van der Waals surface area (Å²) in [6.07, 6.45) is 2.92. The molecule has 1 spiro atoms. The van der Waals surface area contributed by atoms with Gasteiger partial charge in [-0.25, -0.2) is 4.79 Å². The summed E-state index contributed by atoms with van der Waals surface area (Å²) < 4.78 is 13.5. The molecule has 8 nitrogen and oxygen atoms in total. The van der Waals surface area contributed by atoms with Gasteiger partial charge in [0.05, 0.1) is 18.2 Å². The zero-order valence-electron chi connectivity index (χ0n) is 17.9. The summed E-state index contributed by atoms with van der Waals surface area (Å²) in [5.41, 5.74) is 0.316. The lowest BCUT2D eigenvalue weighted by Gasteiger charge is -2.44. The summed E-state index contributed by atoms with van der Waals surface area (Å²) in [5.74, 6) is 1.51. The number of ketones is 1. The monoisotopic (exact) mass is 412 g/mol. The molecule has 1 aromatic heterocycles. The molecule has 1 saturated heterocycles. The van der Waals surface area contributed by atoms with E-state index in [1.165, 1.54) is 0 Å². The van der Waals surface area contributed by atoms with Crippen LogP contribution in [0.25, 0.3) is 0 Å². The minimum atomic E-state index is -0.556. The molecule has 0 aliphatic carbocycles. The van der Waals surface area contributed by atoms with Crippen LogP contribution in [0.15, 0.2) is 30.5 Å². The van der Waals surface area contributed by atoms with Crippen LogP contribution in [0.5, 0.6) is 5.75 Å². The molecule has 1 aromatic carbocycles. The van der Waals surface area contributed by atoms with E-state index in [0.717, 1.165) is 11.5 Å². The zero-order valence-corrected chi connectivity index (χ0v) is 17.9. The van der Waals surface area contributed by atoms with Crippen molar-refractivity contribution in [3.05, 3.63) is 36.0 Å². The first-order chi connectivity index (χ1) is 14.1. The van der Waals surface area contributed by atoms with Gasteiger partial charge < -0.3 is 19.7 Å². The number of rotatable bonds is 2.